The number of nitrogens with two attached hydrogens (primary N) is 1. The van der Waals surface area contributed by atoms with Crippen molar-refractivity contribution < 1.29 is 23.1 Å². The average molecular weight is 314 g/mol. The molecule has 0 saturated carbocycles. The van der Waals surface area contributed by atoms with Crippen molar-refractivity contribution >= 4 is 21.7 Å². The number of carbonyl (C=O) groups is 1. The molecule has 0 aromatic heterocycles. The van der Waals surface area contributed by atoms with Gasteiger partial charge in [0.15, 0.2) is 0 Å². The number of carboxylic acid groups (broad SMARTS) is 1. The van der Waals surface area contributed by atoms with Crippen LogP contribution in [0, 0.1) is 5.92 Å². The third-order valence-corrected chi connectivity index (χ3v) is 4.86. The van der Waals surface area contributed by atoms with Gasteiger partial charge in [0.1, 0.15) is 4.90 Å². The van der Waals surface area contributed by atoms with E-state index < -0.39 is 16.0 Å². The standard InChI is InChI=1S/C13H18N2O5S/c14-11-6-10(13(16)17)3-4-12(11)21(18,19)15-7-9-2-1-5-20-8-9/h3-4,6,9,15H,1-2,5,7-8,14H2,(H,16,17). The molecule has 0 radical (unpaired) electrons. The highest BCUT2D eigenvalue weighted by atomic mass is 32.2. The summed E-state index contributed by atoms with van der Waals surface area (Å²) in [6.45, 7) is 1.53. The first-order valence-corrected chi connectivity index (χ1v) is 8.08. The maximum Gasteiger partial charge on any atom is 0.335 e. The van der Waals surface area contributed by atoms with Gasteiger partial charge in [0.25, 0.3) is 0 Å². The molecule has 4 N–H and O–H groups in total. The molecular formula is C13H18N2O5S. The topological polar surface area (TPSA) is 119 Å². The van der Waals surface area contributed by atoms with Gasteiger partial charge in [-0.05, 0) is 37.0 Å². The Kier molecular flexibility index (Phi) is 4.81. The number of benzene rings is 1. The van der Waals surface area contributed by atoms with Crippen molar-refractivity contribution in [2.75, 3.05) is 25.5 Å². The molecule has 7 nitrogen and oxygen atoms in total. The molecule has 1 aromatic rings. The average Bonchev–Trinajstić information content (AvgIpc) is 2.46. The summed E-state index contributed by atoms with van der Waals surface area (Å²) in [7, 11) is -3.76. The molecule has 1 saturated heterocycles. The van der Waals surface area contributed by atoms with Crippen LogP contribution in [0.15, 0.2) is 23.1 Å². The van der Waals surface area contributed by atoms with Gasteiger partial charge in [-0.1, -0.05) is 0 Å². The summed E-state index contributed by atoms with van der Waals surface area (Å²) >= 11 is 0. The number of hydrogen-bond acceptors (Lipinski definition) is 5. The van der Waals surface area contributed by atoms with E-state index in [0.29, 0.717) is 13.2 Å². The van der Waals surface area contributed by atoms with Gasteiger partial charge in [-0.25, -0.2) is 17.9 Å². The van der Waals surface area contributed by atoms with E-state index in [1.165, 1.54) is 12.1 Å². The minimum Gasteiger partial charge on any atom is -0.478 e. The lowest BCUT2D eigenvalue weighted by Gasteiger charge is -2.22. The van der Waals surface area contributed by atoms with Crippen molar-refractivity contribution in [1.82, 2.24) is 4.72 Å². The predicted octanol–water partition coefficient (Wildman–Crippen LogP) is 0.672. The maximum absolute atomic E-state index is 12.2. The summed E-state index contributed by atoms with van der Waals surface area (Å²) < 4.78 is 32.2. The number of sulfonamides is 1. The Hall–Kier alpha value is -1.64. The van der Waals surface area contributed by atoms with Crippen LogP contribution in [0.5, 0.6) is 0 Å². The van der Waals surface area contributed by atoms with Crippen molar-refractivity contribution in [2.24, 2.45) is 5.92 Å². The largest absolute Gasteiger partial charge is 0.478 e. The Balaban J connectivity index is 2.10. The minimum atomic E-state index is -3.76. The number of ether oxygens (including phenoxy) is 1. The molecule has 21 heavy (non-hydrogen) atoms. The molecule has 1 fully saturated rings. The number of rotatable bonds is 5. The predicted molar refractivity (Wildman–Crippen MR) is 76.5 cm³/mol. The van der Waals surface area contributed by atoms with Gasteiger partial charge >= 0.3 is 5.97 Å². The fourth-order valence-electron chi connectivity index (χ4n) is 2.20. The normalized spacial score (nSPS) is 19.3. The number of carboxylic acids is 1. The molecule has 0 aliphatic carbocycles. The van der Waals surface area contributed by atoms with E-state index in [-0.39, 0.29) is 28.6 Å². The quantitative estimate of drug-likeness (QED) is 0.687. The lowest BCUT2D eigenvalue weighted by Crippen LogP contribution is -2.33. The van der Waals surface area contributed by atoms with Crippen molar-refractivity contribution in [3.8, 4) is 0 Å². The van der Waals surface area contributed by atoms with Gasteiger partial charge in [-0.2, -0.15) is 0 Å². The molecule has 0 amide bonds. The van der Waals surface area contributed by atoms with E-state index in [9.17, 15) is 13.2 Å². The minimum absolute atomic E-state index is 0.0490. The third kappa shape index (κ3) is 3.93. The van der Waals surface area contributed by atoms with Crippen molar-refractivity contribution in [1.29, 1.82) is 0 Å². The summed E-state index contributed by atoms with van der Waals surface area (Å²) in [5.74, 6) is -1.01. The summed E-state index contributed by atoms with van der Waals surface area (Å²) in [4.78, 5) is 10.7. The molecule has 1 aromatic carbocycles. The first-order chi connectivity index (χ1) is 9.90. The van der Waals surface area contributed by atoms with Crippen molar-refractivity contribution in [2.45, 2.75) is 17.7 Å². The first-order valence-electron chi connectivity index (χ1n) is 6.60. The number of anilines is 1. The van der Waals surface area contributed by atoms with Crippen LogP contribution in [-0.4, -0.2) is 39.3 Å². The fourth-order valence-corrected chi connectivity index (χ4v) is 3.43. The van der Waals surface area contributed by atoms with E-state index in [4.69, 9.17) is 15.6 Å². The molecule has 1 unspecified atom stereocenters. The second-order valence-corrected chi connectivity index (χ2v) is 6.73. The van der Waals surface area contributed by atoms with Crippen molar-refractivity contribution in [3.05, 3.63) is 23.8 Å². The maximum atomic E-state index is 12.2. The number of nitrogen functional groups attached to an aromatic ring is 1. The van der Waals surface area contributed by atoms with Gasteiger partial charge < -0.3 is 15.6 Å². The van der Waals surface area contributed by atoms with Gasteiger partial charge in [0.05, 0.1) is 17.9 Å². The number of nitrogens with one attached hydrogen (secondary N) is 1. The molecule has 1 aliphatic rings. The molecular weight excluding hydrogens is 296 g/mol. The zero-order valence-corrected chi connectivity index (χ0v) is 12.2. The lowest BCUT2D eigenvalue weighted by atomic mass is 10.0. The van der Waals surface area contributed by atoms with E-state index in [1.807, 2.05) is 0 Å². The summed E-state index contributed by atoms with van der Waals surface area (Å²) in [6.07, 6.45) is 1.83. The van der Waals surface area contributed by atoms with E-state index >= 15 is 0 Å². The Morgan fingerprint density at radius 2 is 2.24 bits per heavy atom. The van der Waals surface area contributed by atoms with Crippen LogP contribution < -0.4 is 10.5 Å². The van der Waals surface area contributed by atoms with Gasteiger partial charge in [0.2, 0.25) is 10.0 Å². The molecule has 8 heteroatoms. The van der Waals surface area contributed by atoms with Crippen LogP contribution in [0.3, 0.4) is 0 Å². The van der Waals surface area contributed by atoms with Gasteiger partial charge in [0, 0.05) is 13.2 Å². The molecule has 1 aliphatic heterocycles. The molecule has 2 rings (SSSR count). The molecule has 0 bridgehead atoms. The Labute approximate surface area is 123 Å². The SMILES string of the molecule is Nc1cc(C(=O)O)ccc1S(=O)(=O)NCC1CCCOC1. The second-order valence-electron chi connectivity index (χ2n) is 4.99. The highest BCUT2D eigenvalue weighted by Gasteiger charge is 2.21. The Morgan fingerprint density at radius 1 is 1.48 bits per heavy atom. The third-order valence-electron chi connectivity index (χ3n) is 3.36. The van der Waals surface area contributed by atoms with Crippen LogP contribution in [0.2, 0.25) is 0 Å². The number of aromatic carboxylic acids is 1. The highest BCUT2D eigenvalue weighted by molar-refractivity contribution is 7.89. The Bertz CT molecular complexity index is 623. The van der Waals surface area contributed by atoms with Crippen LogP contribution in [0.25, 0.3) is 0 Å². The van der Waals surface area contributed by atoms with E-state index in [0.717, 1.165) is 18.9 Å². The fraction of sp³-hybridized carbons (Fsp3) is 0.462. The molecule has 1 heterocycles. The van der Waals surface area contributed by atoms with E-state index in [2.05, 4.69) is 4.72 Å². The summed E-state index contributed by atoms with van der Waals surface area (Å²) in [5.41, 5.74) is 5.52. The van der Waals surface area contributed by atoms with Crippen LogP contribution in [-0.2, 0) is 14.8 Å². The van der Waals surface area contributed by atoms with Crippen LogP contribution >= 0.6 is 0 Å². The van der Waals surface area contributed by atoms with Crippen LogP contribution in [0.1, 0.15) is 23.2 Å². The zero-order chi connectivity index (χ0) is 15.5. The number of hydrogen-bond donors (Lipinski definition) is 3. The zero-order valence-electron chi connectivity index (χ0n) is 11.4. The lowest BCUT2D eigenvalue weighted by molar-refractivity contribution is 0.0568. The van der Waals surface area contributed by atoms with Crippen LogP contribution in [0.4, 0.5) is 5.69 Å². The smallest absolute Gasteiger partial charge is 0.335 e. The van der Waals surface area contributed by atoms with E-state index in [1.54, 1.807) is 0 Å². The monoisotopic (exact) mass is 314 g/mol. The molecule has 0 spiro atoms. The summed E-state index contributed by atoms with van der Waals surface area (Å²) in [6, 6.07) is 3.57. The first kappa shape index (κ1) is 15.7. The second kappa shape index (κ2) is 6.42. The van der Waals surface area contributed by atoms with Crippen molar-refractivity contribution in [3.63, 3.8) is 0 Å². The summed E-state index contributed by atoms with van der Waals surface area (Å²) in [5, 5.41) is 8.84. The Morgan fingerprint density at radius 3 is 2.81 bits per heavy atom. The van der Waals surface area contributed by atoms with Gasteiger partial charge in [-0.3, -0.25) is 0 Å². The molecule has 116 valence electrons. The highest BCUT2D eigenvalue weighted by Crippen LogP contribution is 2.20. The van der Waals surface area contributed by atoms with Gasteiger partial charge in [-0.15, -0.1) is 0 Å². The molecule has 1 atom stereocenters.